The van der Waals surface area contributed by atoms with Gasteiger partial charge in [0.2, 0.25) is 6.79 Å². The molecule has 1 atom stereocenters. The van der Waals surface area contributed by atoms with Gasteiger partial charge in [-0.15, -0.1) is 0 Å². The Morgan fingerprint density at radius 1 is 1.39 bits per heavy atom. The van der Waals surface area contributed by atoms with Crippen LogP contribution in [0.5, 0.6) is 11.5 Å². The molecule has 7 heteroatoms. The van der Waals surface area contributed by atoms with Crippen molar-refractivity contribution in [3.05, 3.63) is 22.2 Å². The lowest BCUT2D eigenvalue weighted by Crippen LogP contribution is -2.22. The molecule has 7 nitrogen and oxygen atoms in total. The molecule has 18 heavy (non-hydrogen) atoms. The number of ether oxygens (including phenoxy) is 2. The molecule has 0 radical (unpaired) electrons. The molecule has 0 bridgehead atoms. The van der Waals surface area contributed by atoms with Gasteiger partial charge in [0, 0.05) is 18.7 Å². The van der Waals surface area contributed by atoms with Crippen LogP contribution >= 0.6 is 0 Å². The highest BCUT2D eigenvalue weighted by atomic mass is 16.7. The van der Waals surface area contributed by atoms with E-state index in [1.54, 1.807) is 6.07 Å². The quantitative estimate of drug-likeness (QED) is 0.618. The van der Waals surface area contributed by atoms with Crippen molar-refractivity contribution in [1.29, 1.82) is 0 Å². The van der Waals surface area contributed by atoms with Crippen molar-refractivity contribution in [3.8, 4) is 11.5 Å². The summed E-state index contributed by atoms with van der Waals surface area (Å²) >= 11 is 0. The number of nitrogens with one attached hydrogen (secondary N) is 2. The number of nitro benzene ring substituents is 1. The van der Waals surface area contributed by atoms with Gasteiger partial charge >= 0.3 is 0 Å². The maximum Gasteiger partial charge on any atom is 0.296 e. The maximum absolute atomic E-state index is 11.0. The van der Waals surface area contributed by atoms with Crippen molar-refractivity contribution in [1.82, 2.24) is 5.32 Å². The van der Waals surface area contributed by atoms with Gasteiger partial charge in [-0.3, -0.25) is 10.1 Å². The van der Waals surface area contributed by atoms with Crippen LogP contribution in [0, 0.1) is 10.1 Å². The predicted octanol–water partition coefficient (Wildman–Crippen LogP) is 1.10. The molecule has 1 unspecified atom stereocenters. The van der Waals surface area contributed by atoms with E-state index in [2.05, 4.69) is 10.6 Å². The molecule has 3 rings (SSSR count). The van der Waals surface area contributed by atoms with E-state index in [1.165, 1.54) is 6.07 Å². The standard InChI is InChI=1S/C11H13N3O4/c15-14(16)9-4-11-10(17-6-18-11)3-8(9)13-7-1-2-12-5-7/h3-4,7,12-13H,1-2,5-6H2. The molecule has 1 fully saturated rings. The summed E-state index contributed by atoms with van der Waals surface area (Å²) in [6.45, 7) is 1.85. The second-order valence-electron chi connectivity index (χ2n) is 4.31. The third-order valence-corrected chi connectivity index (χ3v) is 3.11. The fourth-order valence-corrected chi connectivity index (χ4v) is 2.20. The molecule has 2 heterocycles. The Morgan fingerprint density at radius 2 is 2.17 bits per heavy atom. The van der Waals surface area contributed by atoms with Crippen LogP contribution in [0.15, 0.2) is 12.1 Å². The van der Waals surface area contributed by atoms with Crippen molar-refractivity contribution in [2.45, 2.75) is 12.5 Å². The molecule has 1 aromatic carbocycles. The summed E-state index contributed by atoms with van der Waals surface area (Å²) in [6.07, 6.45) is 0.950. The summed E-state index contributed by atoms with van der Waals surface area (Å²) in [5, 5.41) is 17.4. The highest BCUT2D eigenvalue weighted by Crippen LogP contribution is 2.40. The summed E-state index contributed by atoms with van der Waals surface area (Å²) in [7, 11) is 0. The Bertz CT molecular complexity index is 485. The zero-order valence-corrected chi connectivity index (χ0v) is 9.64. The van der Waals surface area contributed by atoms with Crippen molar-refractivity contribution in [3.63, 3.8) is 0 Å². The van der Waals surface area contributed by atoms with Crippen molar-refractivity contribution >= 4 is 11.4 Å². The van der Waals surface area contributed by atoms with Crippen LogP contribution in [0.4, 0.5) is 11.4 Å². The molecule has 0 spiro atoms. The van der Waals surface area contributed by atoms with E-state index < -0.39 is 4.92 Å². The topological polar surface area (TPSA) is 85.7 Å². The minimum atomic E-state index is -0.410. The molecule has 0 amide bonds. The average Bonchev–Trinajstić information content (AvgIpc) is 2.97. The molecule has 96 valence electrons. The fourth-order valence-electron chi connectivity index (χ4n) is 2.20. The van der Waals surface area contributed by atoms with E-state index in [-0.39, 0.29) is 18.5 Å². The summed E-state index contributed by atoms with van der Waals surface area (Å²) in [4.78, 5) is 10.6. The van der Waals surface area contributed by atoms with Gasteiger partial charge in [-0.2, -0.15) is 0 Å². The Labute approximate surface area is 103 Å². The normalized spacial score (nSPS) is 21.0. The molecule has 2 aliphatic rings. The van der Waals surface area contributed by atoms with Crippen molar-refractivity contribution in [2.24, 2.45) is 0 Å². The molecule has 1 saturated heterocycles. The third-order valence-electron chi connectivity index (χ3n) is 3.11. The number of fused-ring (bicyclic) bond motifs is 1. The lowest BCUT2D eigenvalue weighted by molar-refractivity contribution is -0.384. The molecule has 0 aromatic heterocycles. The first-order valence-corrected chi connectivity index (χ1v) is 5.79. The van der Waals surface area contributed by atoms with Crippen LogP contribution in [0.1, 0.15) is 6.42 Å². The van der Waals surface area contributed by atoms with Gasteiger partial charge in [-0.05, 0) is 13.0 Å². The highest BCUT2D eigenvalue weighted by Gasteiger charge is 2.25. The minimum absolute atomic E-state index is 0.0196. The lowest BCUT2D eigenvalue weighted by atomic mass is 10.2. The number of anilines is 1. The van der Waals surface area contributed by atoms with Crippen LogP contribution in [0.25, 0.3) is 0 Å². The molecule has 2 aliphatic heterocycles. The third kappa shape index (κ3) is 1.92. The molecule has 0 saturated carbocycles. The highest BCUT2D eigenvalue weighted by molar-refractivity contribution is 5.69. The second kappa shape index (κ2) is 4.34. The van der Waals surface area contributed by atoms with Crippen LogP contribution in [-0.4, -0.2) is 30.8 Å². The Hall–Kier alpha value is -2.02. The number of benzene rings is 1. The van der Waals surface area contributed by atoms with Gasteiger partial charge in [-0.1, -0.05) is 0 Å². The molecule has 0 aliphatic carbocycles. The van der Waals surface area contributed by atoms with E-state index in [0.29, 0.717) is 17.2 Å². The summed E-state index contributed by atoms with van der Waals surface area (Å²) in [5.74, 6) is 0.978. The van der Waals surface area contributed by atoms with Crippen LogP contribution < -0.4 is 20.1 Å². The fraction of sp³-hybridized carbons (Fsp3) is 0.455. The van der Waals surface area contributed by atoms with Gasteiger partial charge in [-0.25, -0.2) is 0 Å². The average molecular weight is 251 g/mol. The summed E-state index contributed by atoms with van der Waals surface area (Å²) in [6, 6.07) is 3.26. The Morgan fingerprint density at radius 3 is 2.83 bits per heavy atom. The number of nitro groups is 1. The zero-order valence-electron chi connectivity index (χ0n) is 9.64. The second-order valence-corrected chi connectivity index (χ2v) is 4.31. The molecule has 2 N–H and O–H groups in total. The smallest absolute Gasteiger partial charge is 0.296 e. The number of hydrogen-bond acceptors (Lipinski definition) is 6. The molecule has 1 aromatic rings. The van der Waals surface area contributed by atoms with E-state index in [0.717, 1.165) is 19.5 Å². The van der Waals surface area contributed by atoms with Gasteiger partial charge in [0.1, 0.15) is 5.69 Å². The van der Waals surface area contributed by atoms with E-state index in [9.17, 15) is 10.1 Å². The van der Waals surface area contributed by atoms with E-state index >= 15 is 0 Å². The summed E-state index contributed by atoms with van der Waals surface area (Å²) < 4.78 is 10.4. The SMILES string of the molecule is O=[N+]([O-])c1cc2c(cc1NC1CCNC1)OCO2. The van der Waals surface area contributed by atoms with Gasteiger partial charge in [0.15, 0.2) is 11.5 Å². The van der Waals surface area contributed by atoms with Crippen molar-refractivity contribution in [2.75, 3.05) is 25.2 Å². The largest absolute Gasteiger partial charge is 0.454 e. The van der Waals surface area contributed by atoms with Gasteiger partial charge in [0.25, 0.3) is 5.69 Å². The maximum atomic E-state index is 11.0. The number of hydrogen-bond donors (Lipinski definition) is 2. The van der Waals surface area contributed by atoms with Gasteiger partial charge < -0.3 is 20.1 Å². The first kappa shape index (κ1) is 11.1. The van der Waals surface area contributed by atoms with Gasteiger partial charge in [0.05, 0.1) is 11.0 Å². The lowest BCUT2D eigenvalue weighted by Gasteiger charge is -2.13. The Balaban J connectivity index is 1.92. The Kier molecular flexibility index (Phi) is 2.67. The number of rotatable bonds is 3. The van der Waals surface area contributed by atoms with E-state index in [4.69, 9.17) is 9.47 Å². The van der Waals surface area contributed by atoms with Crippen LogP contribution in [-0.2, 0) is 0 Å². The number of nitrogens with zero attached hydrogens (tertiary/aromatic N) is 1. The van der Waals surface area contributed by atoms with Crippen LogP contribution in [0.2, 0.25) is 0 Å². The molecular weight excluding hydrogens is 238 g/mol. The van der Waals surface area contributed by atoms with E-state index in [1.807, 2.05) is 0 Å². The van der Waals surface area contributed by atoms with Crippen LogP contribution in [0.3, 0.4) is 0 Å². The predicted molar refractivity (Wildman–Crippen MR) is 64.1 cm³/mol. The zero-order chi connectivity index (χ0) is 12.5. The minimum Gasteiger partial charge on any atom is -0.454 e. The monoisotopic (exact) mass is 251 g/mol. The molecular formula is C11H13N3O4. The first-order valence-electron chi connectivity index (χ1n) is 5.79. The first-order chi connectivity index (χ1) is 8.74. The van der Waals surface area contributed by atoms with Crippen molar-refractivity contribution < 1.29 is 14.4 Å². The summed E-state index contributed by atoms with van der Waals surface area (Å²) in [5.41, 5.74) is 0.504.